The zero-order valence-electron chi connectivity index (χ0n) is 10.3. The molecule has 18 heavy (non-hydrogen) atoms. The molecule has 0 heterocycles. The van der Waals surface area contributed by atoms with Crippen LogP contribution in [0.5, 0.6) is 0 Å². The van der Waals surface area contributed by atoms with Crippen LogP contribution in [0.15, 0.2) is 24.3 Å². The predicted octanol–water partition coefficient (Wildman–Crippen LogP) is 1.01. The monoisotopic (exact) mass is 265 g/mol. The smallest absolute Gasteiger partial charge is 0.152 e. The molecule has 0 aliphatic heterocycles. The maximum Gasteiger partial charge on any atom is 0.152 e. The summed E-state index contributed by atoms with van der Waals surface area (Å²) in [6.07, 6.45) is 1.12. The van der Waals surface area contributed by atoms with E-state index in [2.05, 4.69) is 0 Å². The van der Waals surface area contributed by atoms with Crippen LogP contribution >= 0.6 is 0 Å². The molecule has 2 rings (SSSR count). The molecule has 4 nitrogen and oxygen atoms in total. The van der Waals surface area contributed by atoms with Crippen LogP contribution in [-0.4, -0.2) is 31.6 Å². The van der Waals surface area contributed by atoms with E-state index in [-0.39, 0.29) is 0 Å². The predicted molar refractivity (Wildman–Crippen MR) is 67.7 cm³/mol. The van der Waals surface area contributed by atoms with Crippen molar-refractivity contribution >= 4 is 9.84 Å². The van der Waals surface area contributed by atoms with Crippen LogP contribution in [0.25, 0.3) is 0 Å². The van der Waals surface area contributed by atoms with Crippen LogP contribution in [0, 0.1) is 23.7 Å². The number of aliphatic hydroxyl groups excluding tert-OH is 1. The molecule has 0 radical (unpaired) electrons. The summed E-state index contributed by atoms with van der Waals surface area (Å²) in [6.45, 7) is 1.51. The molecule has 5 heteroatoms. The molecule has 0 saturated heterocycles. The first-order chi connectivity index (χ1) is 8.36. The number of benzene rings is 1. The van der Waals surface area contributed by atoms with Gasteiger partial charge in [0.15, 0.2) is 9.84 Å². The van der Waals surface area contributed by atoms with Gasteiger partial charge in [-0.25, -0.2) is 8.42 Å². The number of hydrogen-bond acceptors (Lipinski definition) is 4. The van der Waals surface area contributed by atoms with E-state index in [0.717, 1.165) is 17.4 Å². The first-order valence-corrected chi connectivity index (χ1v) is 7.60. The van der Waals surface area contributed by atoms with Gasteiger partial charge in [0.25, 0.3) is 0 Å². The van der Waals surface area contributed by atoms with Crippen molar-refractivity contribution in [1.82, 2.24) is 0 Å². The van der Waals surface area contributed by atoms with Crippen LogP contribution in [0.1, 0.15) is 17.0 Å². The van der Waals surface area contributed by atoms with E-state index in [9.17, 15) is 18.8 Å². The van der Waals surface area contributed by atoms with Gasteiger partial charge in [0.2, 0.25) is 0 Å². The normalized spacial score (nSPS) is 30.8. The minimum atomic E-state index is -3.35. The number of hydrogen-bond donors (Lipinski definition) is 1. The Morgan fingerprint density at radius 1 is 1.39 bits per heavy atom. The maximum absolute atomic E-state index is 11.7. The third-order valence-electron chi connectivity index (χ3n) is 3.62. The fourth-order valence-corrected chi connectivity index (χ4v) is 4.49. The fraction of sp³-hybridized carbons (Fsp3) is 0.462. The van der Waals surface area contributed by atoms with Crippen LogP contribution in [0.3, 0.4) is 0 Å². The SMILES string of the molecule is Cc1ccc([C@@H]2[C@@H](S(C)(=O)=O)[C@]2(C#N)CO)cc1. The van der Waals surface area contributed by atoms with Gasteiger partial charge >= 0.3 is 0 Å². The number of aryl methyl sites for hydroxylation is 1. The Morgan fingerprint density at radius 2 is 1.94 bits per heavy atom. The molecule has 0 amide bonds. The quantitative estimate of drug-likeness (QED) is 0.884. The second kappa shape index (κ2) is 4.08. The Labute approximate surface area is 107 Å². The average molecular weight is 265 g/mol. The van der Waals surface area contributed by atoms with E-state index in [1.165, 1.54) is 0 Å². The van der Waals surface area contributed by atoms with E-state index in [1.54, 1.807) is 0 Å². The third kappa shape index (κ3) is 1.82. The second-order valence-electron chi connectivity index (χ2n) is 4.95. The van der Waals surface area contributed by atoms with E-state index in [1.807, 2.05) is 37.3 Å². The number of nitriles is 1. The first kappa shape index (κ1) is 13.1. The Hall–Kier alpha value is -1.38. The van der Waals surface area contributed by atoms with Crippen molar-refractivity contribution in [1.29, 1.82) is 5.26 Å². The molecule has 1 aromatic rings. The molecule has 1 fully saturated rings. The second-order valence-corrected chi connectivity index (χ2v) is 7.12. The van der Waals surface area contributed by atoms with Gasteiger partial charge in [-0.15, -0.1) is 0 Å². The standard InChI is InChI=1S/C13H15NO3S/c1-9-3-5-10(6-4-9)11-12(18(2,16)17)13(11,7-14)8-15/h3-6,11-12,15H,8H2,1-2H3/t11-,12-,13-/m1/s1. The van der Waals surface area contributed by atoms with Gasteiger partial charge in [0.1, 0.15) is 5.41 Å². The molecule has 0 spiro atoms. The average Bonchev–Trinajstić information content (AvgIpc) is 3.00. The molecule has 1 aliphatic rings. The lowest BCUT2D eigenvalue weighted by atomic mass is 10.0. The van der Waals surface area contributed by atoms with Crippen molar-refractivity contribution in [2.24, 2.45) is 5.41 Å². The minimum Gasteiger partial charge on any atom is -0.395 e. The van der Waals surface area contributed by atoms with Crippen molar-refractivity contribution in [3.05, 3.63) is 35.4 Å². The van der Waals surface area contributed by atoms with Crippen LogP contribution < -0.4 is 0 Å². The molecular weight excluding hydrogens is 250 g/mol. The highest BCUT2D eigenvalue weighted by Gasteiger charge is 2.70. The summed E-state index contributed by atoms with van der Waals surface area (Å²) in [7, 11) is -3.35. The molecular formula is C13H15NO3S. The van der Waals surface area contributed by atoms with Crippen molar-refractivity contribution in [2.45, 2.75) is 18.1 Å². The van der Waals surface area contributed by atoms with E-state index >= 15 is 0 Å². The summed E-state index contributed by atoms with van der Waals surface area (Å²) < 4.78 is 23.4. The van der Waals surface area contributed by atoms with Crippen LogP contribution in [-0.2, 0) is 9.84 Å². The minimum absolute atomic E-state index is 0.428. The summed E-state index contributed by atoms with van der Waals surface area (Å²) in [5.74, 6) is -0.428. The van der Waals surface area contributed by atoms with Crippen LogP contribution in [0.4, 0.5) is 0 Å². The molecule has 1 N–H and O–H groups in total. The Kier molecular flexibility index (Phi) is 2.96. The summed E-state index contributed by atoms with van der Waals surface area (Å²) in [5.41, 5.74) is 0.691. The van der Waals surface area contributed by atoms with Crippen molar-refractivity contribution in [3.8, 4) is 6.07 Å². The van der Waals surface area contributed by atoms with Gasteiger partial charge < -0.3 is 5.11 Å². The van der Waals surface area contributed by atoms with Gasteiger partial charge in [0.05, 0.1) is 17.9 Å². The van der Waals surface area contributed by atoms with Crippen molar-refractivity contribution in [3.63, 3.8) is 0 Å². The van der Waals surface area contributed by atoms with Gasteiger partial charge in [-0.3, -0.25) is 0 Å². The van der Waals surface area contributed by atoms with Crippen molar-refractivity contribution < 1.29 is 13.5 Å². The molecule has 3 atom stereocenters. The topological polar surface area (TPSA) is 78.2 Å². The zero-order chi connectivity index (χ0) is 13.6. The van der Waals surface area contributed by atoms with Gasteiger partial charge in [-0.2, -0.15) is 5.26 Å². The maximum atomic E-state index is 11.7. The largest absolute Gasteiger partial charge is 0.395 e. The Balaban J connectivity index is 2.46. The van der Waals surface area contributed by atoms with Gasteiger partial charge in [0, 0.05) is 12.2 Å². The molecule has 0 bridgehead atoms. The summed E-state index contributed by atoms with van der Waals surface area (Å²) in [4.78, 5) is 0. The summed E-state index contributed by atoms with van der Waals surface area (Å²) >= 11 is 0. The lowest BCUT2D eigenvalue weighted by Crippen LogP contribution is -2.16. The zero-order valence-corrected chi connectivity index (χ0v) is 11.1. The lowest BCUT2D eigenvalue weighted by molar-refractivity contribution is 0.242. The Morgan fingerprint density at radius 3 is 2.28 bits per heavy atom. The number of sulfone groups is 1. The molecule has 0 unspecified atom stereocenters. The molecule has 96 valence electrons. The summed E-state index contributed by atoms with van der Waals surface area (Å²) in [6, 6.07) is 9.41. The molecule has 0 aromatic heterocycles. The number of nitrogens with zero attached hydrogens (tertiary/aromatic N) is 1. The van der Waals surface area contributed by atoms with Crippen LogP contribution in [0.2, 0.25) is 0 Å². The fourth-order valence-electron chi connectivity index (χ4n) is 2.64. The van der Waals surface area contributed by atoms with Crippen molar-refractivity contribution in [2.75, 3.05) is 12.9 Å². The summed E-state index contributed by atoms with van der Waals surface area (Å²) in [5, 5.41) is 17.8. The van der Waals surface area contributed by atoms with Gasteiger partial charge in [-0.05, 0) is 12.5 Å². The highest BCUT2D eigenvalue weighted by molar-refractivity contribution is 7.91. The van der Waals surface area contributed by atoms with Gasteiger partial charge in [-0.1, -0.05) is 29.8 Å². The van der Waals surface area contributed by atoms with E-state index in [4.69, 9.17) is 0 Å². The number of aliphatic hydroxyl groups is 1. The van der Waals surface area contributed by atoms with E-state index < -0.39 is 33.0 Å². The highest BCUT2D eigenvalue weighted by Crippen LogP contribution is 2.62. The Bertz CT molecular complexity index is 600. The number of rotatable bonds is 3. The molecule has 1 saturated carbocycles. The third-order valence-corrected chi connectivity index (χ3v) is 5.24. The lowest BCUT2D eigenvalue weighted by Gasteiger charge is -2.03. The highest BCUT2D eigenvalue weighted by atomic mass is 32.2. The molecule has 1 aliphatic carbocycles. The molecule has 1 aromatic carbocycles. The first-order valence-electron chi connectivity index (χ1n) is 5.64. The van der Waals surface area contributed by atoms with E-state index in [0.29, 0.717) is 0 Å².